The van der Waals surface area contributed by atoms with E-state index in [-0.39, 0.29) is 23.8 Å². The third-order valence-electron chi connectivity index (χ3n) is 6.07. The van der Waals surface area contributed by atoms with Crippen LogP contribution in [0.25, 0.3) is 0 Å². The highest BCUT2D eigenvalue weighted by molar-refractivity contribution is 6.10. The highest BCUT2D eigenvalue weighted by Crippen LogP contribution is 2.43. The minimum Gasteiger partial charge on any atom is -0.326 e. The molecule has 8 nitrogen and oxygen atoms in total. The third kappa shape index (κ3) is 3.71. The van der Waals surface area contributed by atoms with Gasteiger partial charge >= 0.3 is 6.03 Å². The van der Waals surface area contributed by atoms with Crippen LogP contribution >= 0.6 is 0 Å². The maximum atomic E-state index is 13.0. The lowest BCUT2D eigenvalue weighted by Gasteiger charge is -2.40. The van der Waals surface area contributed by atoms with Crippen LogP contribution in [-0.4, -0.2) is 40.7 Å². The van der Waals surface area contributed by atoms with Crippen molar-refractivity contribution in [2.75, 3.05) is 17.2 Å². The van der Waals surface area contributed by atoms with Crippen LogP contribution in [0.3, 0.4) is 0 Å². The van der Waals surface area contributed by atoms with Crippen molar-refractivity contribution in [2.45, 2.75) is 57.9 Å². The van der Waals surface area contributed by atoms with Gasteiger partial charge in [-0.15, -0.1) is 0 Å². The minimum absolute atomic E-state index is 0.0207. The van der Waals surface area contributed by atoms with E-state index < -0.39 is 17.5 Å². The molecule has 0 aromatic heterocycles. The molecule has 1 aromatic rings. The van der Waals surface area contributed by atoms with Crippen molar-refractivity contribution in [1.82, 2.24) is 10.2 Å². The molecule has 1 atom stereocenters. The number of carbonyl (C=O) groups excluding carboxylic acids is 4. The maximum absolute atomic E-state index is 13.0. The number of nitrogens with one attached hydrogen (secondary N) is 3. The van der Waals surface area contributed by atoms with Gasteiger partial charge in [-0.05, 0) is 54.9 Å². The zero-order valence-corrected chi connectivity index (χ0v) is 16.8. The van der Waals surface area contributed by atoms with E-state index in [1.165, 1.54) is 0 Å². The van der Waals surface area contributed by atoms with Gasteiger partial charge in [0.1, 0.15) is 12.1 Å². The fourth-order valence-electron chi connectivity index (χ4n) is 4.78. The molecule has 2 heterocycles. The Morgan fingerprint density at radius 3 is 2.72 bits per heavy atom. The molecule has 3 aliphatic rings. The van der Waals surface area contributed by atoms with Crippen LogP contribution in [0, 0.1) is 5.41 Å². The molecule has 0 bridgehead atoms. The van der Waals surface area contributed by atoms with Crippen LogP contribution in [0.15, 0.2) is 18.2 Å². The molecule has 29 heavy (non-hydrogen) atoms. The summed E-state index contributed by atoms with van der Waals surface area (Å²) in [5, 5.41) is 8.40. The summed E-state index contributed by atoms with van der Waals surface area (Å²) in [7, 11) is 0. The maximum Gasteiger partial charge on any atom is 0.325 e. The molecule has 3 N–H and O–H groups in total. The van der Waals surface area contributed by atoms with Gasteiger partial charge in [-0.25, -0.2) is 4.79 Å². The number of rotatable bonds is 3. The number of hydrogen-bond donors (Lipinski definition) is 3. The lowest BCUT2D eigenvalue weighted by molar-refractivity contribution is -0.136. The highest BCUT2D eigenvalue weighted by Gasteiger charge is 2.54. The van der Waals surface area contributed by atoms with E-state index in [1.54, 1.807) is 12.1 Å². The van der Waals surface area contributed by atoms with Crippen LogP contribution in [-0.2, 0) is 20.8 Å². The summed E-state index contributed by atoms with van der Waals surface area (Å²) in [5.74, 6) is -0.758. The summed E-state index contributed by atoms with van der Waals surface area (Å²) in [5.41, 5.74) is 1.35. The van der Waals surface area contributed by atoms with Gasteiger partial charge in [0.15, 0.2) is 0 Å². The van der Waals surface area contributed by atoms with Crippen molar-refractivity contribution in [3.8, 4) is 0 Å². The monoisotopic (exact) mass is 398 g/mol. The molecule has 154 valence electrons. The average Bonchev–Trinajstić information content (AvgIpc) is 2.84. The fraction of sp³-hybridized carbons (Fsp3) is 0.524. The lowest BCUT2D eigenvalue weighted by atomic mass is 9.68. The Morgan fingerprint density at radius 2 is 1.97 bits per heavy atom. The van der Waals surface area contributed by atoms with Gasteiger partial charge in [0.25, 0.3) is 5.91 Å². The largest absolute Gasteiger partial charge is 0.326 e. The molecule has 4 rings (SSSR count). The molecule has 8 heteroatoms. The molecule has 0 radical (unpaired) electrons. The van der Waals surface area contributed by atoms with Gasteiger partial charge in [0.2, 0.25) is 11.8 Å². The molecule has 0 unspecified atom stereocenters. The highest BCUT2D eigenvalue weighted by atomic mass is 16.2. The first-order valence-corrected chi connectivity index (χ1v) is 10.0. The Morgan fingerprint density at radius 1 is 1.17 bits per heavy atom. The Kier molecular flexibility index (Phi) is 4.59. The molecule has 2 fully saturated rings. The summed E-state index contributed by atoms with van der Waals surface area (Å²) in [4.78, 5) is 50.5. The number of anilines is 2. The van der Waals surface area contributed by atoms with E-state index in [1.807, 2.05) is 6.07 Å². The minimum atomic E-state index is -0.886. The van der Waals surface area contributed by atoms with Crippen LogP contribution in [0.4, 0.5) is 16.2 Å². The molecule has 1 aromatic carbocycles. The number of carbonyl (C=O) groups is 4. The molecule has 1 aliphatic carbocycles. The Hall–Kier alpha value is -2.90. The Balaban J connectivity index is 1.43. The molecule has 1 spiro atoms. The molecule has 1 saturated heterocycles. The summed E-state index contributed by atoms with van der Waals surface area (Å²) >= 11 is 0. The van der Waals surface area contributed by atoms with Crippen molar-refractivity contribution in [2.24, 2.45) is 5.41 Å². The molecule has 1 saturated carbocycles. The summed E-state index contributed by atoms with van der Waals surface area (Å²) < 4.78 is 0. The standard InChI is InChI=1S/C21H26N4O4/c1-20(2)8-3-9-21(12-20)18(28)25(19(29)24-21)11-17(27)22-14-5-6-15-13(10-14)4-7-16(26)23-15/h5-6,10H,3-4,7-9,11-12H2,1-2H3,(H,22,27)(H,23,26)(H,24,29)/t21-/m0/s1. The molecular weight excluding hydrogens is 372 g/mol. The zero-order valence-electron chi connectivity index (χ0n) is 16.8. The molecular formula is C21H26N4O4. The van der Waals surface area contributed by atoms with Gasteiger partial charge in [-0.2, -0.15) is 0 Å². The number of fused-ring (bicyclic) bond motifs is 1. The van der Waals surface area contributed by atoms with E-state index in [9.17, 15) is 19.2 Å². The van der Waals surface area contributed by atoms with Crippen molar-refractivity contribution in [1.29, 1.82) is 0 Å². The van der Waals surface area contributed by atoms with E-state index in [4.69, 9.17) is 0 Å². The number of aryl methyl sites for hydroxylation is 1. The predicted molar refractivity (Wildman–Crippen MR) is 107 cm³/mol. The SMILES string of the molecule is CC1(C)CCC[C@@]2(C1)NC(=O)N(CC(=O)Nc1ccc3c(c1)CCC(=O)N3)C2=O. The second-order valence-corrected chi connectivity index (χ2v) is 9.07. The number of hydrogen-bond acceptors (Lipinski definition) is 4. The number of benzene rings is 1. The molecule has 5 amide bonds. The third-order valence-corrected chi connectivity index (χ3v) is 6.07. The summed E-state index contributed by atoms with van der Waals surface area (Å²) in [6.07, 6.45) is 4.08. The Bertz CT molecular complexity index is 910. The van der Waals surface area contributed by atoms with Gasteiger partial charge in [0, 0.05) is 17.8 Å². The average molecular weight is 398 g/mol. The lowest BCUT2D eigenvalue weighted by Crippen LogP contribution is -2.52. The second kappa shape index (κ2) is 6.86. The van der Waals surface area contributed by atoms with Crippen molar-refractivity contribution < 1.29 is 19.2 Å². The zero-order chi connectivity index (χ0) is 20.8. The second-order valence-electron chi connectivity index (χ2n) is 9.07. The van der Waals surface area contributed by atoms with E-state index >= 15 is 0 Å². The van der Waals surface area contributed by atoms with E-state index in [0.717, 1.165) is 29.0 Å². The smallest absolute Gasteiger partial charge is 0.325 e. The first-order valence-electron chi connectivity index (χ1n) is 10.0. The van der Waals surface area contributed by atoms with Crippen LogP contribution in [0.2, 0.25) is 0 Å². The fourth-order valence-corrected chi connectivity index (χ4v) is 4.78. The van der Waals surface area contributed by atoms with E-state index in [2.05, 4.69) is 29.8 Å². The normalized spacial score (nSPS) is 25.4. The van der Waals surface area contributed by atoms with Gasteiger partial charge in [-0.3, -0.25) is 19.3 Å². The molecule has 2 aliphatic heterocycles. The van der Waals surface area contributed by atoms with E-state index in [0.29, 0.717) is 31.4 Å². The van der Waals surface area contributed by atoms with Crippen LogP contribution in [0.5, 0.6) is 0 Å². The summed E-state index contributed by atoms with van der Waals surface area (Å²) in [6.45, 7) is 3.88. The first kappa shape index (κ1) is 19.4. The van der Waals surface area contributed by atoms with Crippen molar-refractivity contribution in [3.63, 3.8) is 0 Å². The first-order chi connectivity index (χ1) is 13.7. The Labute approximate surface area is 169 Å². The summed E-state index contributed by atoms with van der Waals surface area (Å²) in [6, 6.07) is 4.74. The predicted octanol–water partition coefficient (Wildman–Crippen LogP) is 2.40. The number of urea groups is 1. The van der Waals surface area contributed by atoms with Crippen LogP contribution in [0.1, 0.15) is 51.5 Å². The van der Waals surface area contributed by atoms with Gasteiger partial charge in [-0.1, -0.05) is 20.3 Å². The topological polar surface area (TPSA) is 108 Å². The van der Waals surface area contributed by atoms with Crippen molar-refractivity contribution >= 4 is 35.1 Å². The van der Waals surface area contributed by atoms with Gasteiger partial charge in [0.05, 0.1) is 0 Å². The quantitative estimate of drug-likeness (QED) is 0.680. The number of imide groups is 1. The number of nitrogens with zero attached hydrogens (tertiary/aromatic N) is 1. The van der Waals surface area contributed by atoms with Crippen molar-refractivity contribution in [3.05, 3.63) is 23.8 Å². The van der Waals surface area contributed by atoms with Crippen LogP contribution < -0.4 is 16.0 Å². The number of amides is 5. The van der Waals surface area contributed by atoms with Gasteiger partial charge < -0.3 is 16.0 Å².